The maximum Gasteiger partial charge on any atom is 0.251 e. The summed E-state index contributed by atoms with van der Waals surface area (Å²) in [6.45, 7) is 3.83. The largest absolute Gasteiger partial charge is 0.381 e. The molecule has 0 radical (unpaired) electrons. The number of rotatable bonds is 6. The molecule has 2 aliphatic rings. The number of aryl methyl sites for hydroxylation is 1. The Morgan fingerprint density at radius 3 is 2.69 bits per heavy atom. The number of nitrogens with zero attached hydrogens (tertiary/aromatic N) is 3. The molecule has 1 unspecified atom stereocenters. The lowest BCUT2D eigenvalue weighted by molar-refractivity contribution is -0.138. The molecule has 1 atom stereocenters. The fraction of sp³-hybridized carbons (Fsp3) is 0.500. The van der Waals surface area contributed by atoms with Gasteiger partial charge in [-0.2, -0.15) is 0 Å². The fourth-order valence-corrected chi connectivity index (χ4v) is 4.99. The van der Waals surface area contributed by atoms with E-state index in [-0.39, 0.29) is 29.8 Å². The number of benzene rings is 1. The summed E-state index contributed by atoms with van der Waals surface area (Å²) >= 11 is 6.18. The van der Waals surface area contributed by atoms with Gasteiger partial charge in [0.05, 0.1) is 17.1 Å². The molecular formula is C24H29ClN4O3. The van der Waals surface area contributed by atoms with E-state index in [4.69, 9.17) is 16.3 Å². The monoisotopic (exact) mass is 456 g/mol. The van der Waals surface area contributed by atoms with E-state index >= 15 is 0 Å². The Kier molecular flexibility index (Phi) is 7.06. The lowest BCUT2D eigenvalue weighted by Crippen LogP contribution is -2.51. The Labute approximate surface area is 193 Å². The zero-order valence-corrected chi connectivity index (χ0v) is 19.1. The molecule has 2 saturated heterocycles. The van der Waals surface area contributed by atoms with Gasteiger partial charge in [-0.25, -0.2) is 9.97 Å². The molecule has 1 aromatic heterocycles. The standard InChI is InChI=1S/C24H29ClN4O3/c1-2-3-17-4-6-18(7-5-17)23(31)28-19-13-24(8-10-32-11-9-24)29(15-19)22(30)12-21-20(25)14-26-16-27-21/h4-7,14,16,19H,2-3,8-13,15H2,1H3,(H,28,31). The van der Waals surface area contributed by atoms with Crippen LogP contribution in [0.25, 0.3) is 0 Å². The smallest absolute Gasteiger partial charge is 0.251 e. The number of nitrogens with one attached hydrogen (secondary N) is 1. The summed E-state index contributed by atoms with van der Waals surface area (Å²) in [5, 5.41) is 3.54. The van der Waals surface area contributed by atoms with Crippen LogP contribution in [0, 0.1) is 0 Å². The zero-order chi connectivity index (χ0) is 22.6. The van der Waals surface area contributed by atoms with Crippen molar-refractivity contribution in [1.82, 2.24) is 20.2 Å². The van der Waals surface area contributed by atoms with Crippen LogP contribution in [0.3, 0.4) is 0 Å². The van der Waals surface area contributed by atoms with E-state index in [1.165, 1.54) is 18.1 Å². The van der Waals surface area contributed by atoms with Crippen LogP contribution in [0.2, 0.25) is 5.02 Å². The third-order valence-corrected chi connectivity index (χ3v) is 6.79. The first kappa shape index (κ1) is 22.7. The predicted molar refractivity (Wildman–Crippen MR) is 122 cm³/mol. The van der Waals surface area contributed by atoms with Crippen molar-refractivity contribution in [3.8, 4) is 0 Å². The van der Waals surface area contributed by atoms with Crippen molar-refractivity contribution in [2.45, 2.75) is 57.0 Å². The lowest BCUT2D eigenvalue weighted by Gasteiger charge is -2.41. The summed E-state index contributed by atoms with van der Waals surface area (Å²) in [6, 6.07) is 7.66. The molecule has 1 N–H and O–H groups in total. The van der Waals surface area contributed by atoms with Gasteiger partial charge in [0.25, 0.3) is 5.91 Å². The van der Waals surface area contributed by atoms with Crippen molar-refractivity contribution in [2.24, 2.45) is 0 Å². The zero-order valence-electron chi connectivity index (χ0n) is 18.3. The van der Waals surface area contributed by atoms with Crippen molar-refractivity contribution in [2.75, 3.05) is 19.8 Å². The number of likely N-dealkylation sites (tertiary alicyclic amines) is 1. The number of halogens is 1. The Bertz CT molecular complexity index is 960. The summed E-state index contributed by atoms with van der Waals surface area (Å²) in [6.07, 6.45) is 7.33. The average molecular weight is 457 g/mol. The van der Waals surface area contributed by atoms with Crippen molar-refractivity contribution in [1.29, 1.82) is 0 Å². The molecule has 2 fully saturated rings. The van der Waals surface area contributed by atoms with Crippen LogP contribution < -0.4 is 5.32 Å². The maximum atomic E-state index is 13.3. The number of ether oxygens (including phenoxy) is 1. The molecule has 7 nitrogen and oxygen atoms in total. The Morgan fingerprint density at radius 2 is 2.00 bits per heavy atom. The van der Waals surface area contributed by atoms with E-state index in [9.17, 15) is 9.59 Å². The lowest BCUT2D eigenvalue weighted by atomic mass is 9.86. The number of carbonyl (C=O) groups excluding carboxylic acids is 2. The molecule has 1 aromatic carbocycles. The van der Waals surface area contributed by atoms with Crippen LogP contribution in [0.1, 0.15) is 54.2 Å². The summed E-state index contributed by atoms with van der Waals surface area (Å²) in [5.41, 5.74) is 2.08. The molecule has 0 aliphatic carbocycles. The minimum Gasteiger partial charge on any atom is -0.381 e. The highest BCUT2D eigenvalue weighted by Crippen LogP contribution is 2.38. The average Bonchev–Trinajstić information content (AvgIpc) is 3.13. The molecule has 170 valence electrons. The summed E-state index contributed by atoms with van der Waals surface area (Å²) < 4.78 is 5.57. The van der Waals surface area contributed by atoms with Crippen LogP contribution in [0.4, 0.5) is 0 Å². The molecule has 2 aliphatic heterocycles. The van der Waals surface area contributed by atoms with Gasteiger partial charge < -0.3 is 15.0 Å². The van der Waals surface area contributed by atoms with Crippen molar-refractivity contribution in [3.63, 3.8) is 0 Å². The van der Waals surface area contributed by atoms with Gasteiger partial charge in [0, 0.05) is 43.1 Å². The second-order valence-electron chi connectivity index (χ2n) is 8.66. The van der Waals surface area contributed by atoms with Crippen molar-refractivity contribution >= 4 is 23.4 Å². The molecule has 0 bridgehead atoms. The van der Waals surface area contributed by atoms with E-state index in [0.29, 0.717) is 36.0 Å². The highest BCUT2D eigenvalue weighted by Gasteiger charge is 2.48. The Balaban J connectivity index is 1.47. The van der Waals surface area contributed by atoms with Crippen molar-refractivity contribution in [3.05, 3.63) is 58.6 Å². The molecule has 1 spiro atoms. The number of carbonyl (C=O) groups is 2. The highest BCUT2D eigenvalue weighted by molar-refractivity contribution is 6.31. The molecule has 3 heterocycles. The predicted octanol–water partition coefficient (Wildman–Crippen LogP) is 3.21. The quantitative estimate of drug-likeness (QED) is 0.721. The molecule has 32 heavy (non-hydrogen) atoms. The summed E-state index contributed by atoms with van der Waals surface area (Å²) in [4.78, 5) is 36.1. The molecule has 4 rings (SSSR count). The van der Waals surface area contributed by atoms with Crippen LogP contribution >= 0.6 is 11.6 Å². The molecule has 0 saturated carbocycles. The van der Waals surface area contributed by atoms with Crippen molar-refractivity contribution < 1.29 is 14.3 Å². The van der Waals surface area contributed by atoms with Gasteiger partial charge in [0.1, 0.15) is 6.33 Å². The first-order valence-electron chi connectivity index (χ1n) is 11.2. The summed E-state index contributed by atoms with van der Waals surface area (Å²) in [7, 11) is 0. The minimum absolute atomic E-state index is 0.0341. The third-order valence-electron chi connectivity index (χ3n) is 6.48. The van der Waals surface area contributed by atoms with Gasteiger partial charge in [-0.3, -0.25) is 9.59 Å². The van der Waals surface area contributed by atoms with Gasteiger partial charge in [-0.15, -0.1) is 0 Å². The van der Waals surface area contributed by atoms with Gasteiger partial charge in [-0.1, -0.05) is 37.1 Å². The Hall–Kier alpha value is -2.51. The molecular weight excluding hydrogens is 428 g/mol. The highest BCUT2D eigenvalue weighted by atomic mass is 35.5. The van der Waals surface area contributed by atoms with Crippen LogP contribution in [-0.4, -0.2) is 58.0 Å². The topological polar surface area (TPSA) is 84.4 Å². The van der Waals surface area contributed by atoms with E-state index in [0.717, 1.165) is 32.1 Å². The van der Waals surface area contributed by atoms with Crippen LogP contribution in [-0.2, 0) is 22.4 Å². The SMILES string of the molecule is CCCc1ccc(C(=O)NC2CN(C(=O)Cc3ncncc3Cl)C3(CCOCC3)C2)cc1. The van der Waals surface area contributed by atoms with E-state index in [1.54, 1.807) is 0 Å². The van der Waals surface area contributed by atoms with Gasteiger partial charge >= 0.3 is 0 Å². The first-order valence-corrected chi connectivity index (χ1v) is 11.6. The van der Waals surface area contributed by atoms with Crippen LogP contribution in [0.5, 0.6) is 0 Å². The number of aromatic nitrogens is 2. The van der Waals surface area contributed by atoms with Crippen LogP contribution in [0.15, 0.2) is 36.8 Å². The number of amides is 2. The molecule has 8 heteroatoms. The fourth-order valence-electron chi connectivity index (χ4n) is 4.82. The number of hydrogen-bond acceptors (Lipinski definition) is 5. The van der Waals surface area contributed by atoms with Gasteiger partial charge in [-0.05, 0) is 43.4 Å². The minimum atomic E-state index is -0.308. The Morgan fingerprint density at radius 1 is 1.25 bits per heavy atom. The second-order valence-corrected chi connectivity index (χ2v) is 9.06. The van der Waals surface area contributed by atoms with Gasteiger partial charge in [0.2, 0.25) is 5.91 Å². The number of hydrogen-bond donors (Lipinski definition) is 1. The third kappa shape index (κ3) is 4.94. The second kappa shape index (κ2) is 9.96. The van der Waals surface area contributed by atoms with E-state index in [1.807, 2.05) is 29.2 Å². The molecule has 2 amide bonds. The van der Waals surface area contributed by atoms with E-state index < -0.39 is 0 Å². The molecule has 2 aromatic rings. The van der Waals surface area contributed by atoms with Gasteiger partial charge in [0.15, 0.2) is 0 Å². The first-order chi connectivity index (χ1) is 15.5. The maximum absolute atomic E-state index is 13.3. The summed E-state index contributed by atoms with van der Waals surface area (Å²) in [5.74, 6) is -0.137. The van der Waals surface area contributed by atoms with E-state index in [2.05, 4.69) is 22.2 Å². The normalized spacial score (nSPS) is 19.8.